The minimum absolute atomic E-state index is 0.0662. The maximum absolute atomic E-state index is 12.5. The summed E-state index contributed by atoms with van der Waals surface area (Å²) in [5, 5.41) is 23.2. The SMILES string of the molecule is COC(=O)c1cccc2oc(=S)n([C@@H]3c4cc([N+](=O)[O-])ccc4O[C@@](C)(C(OC)OC)[C@@H]3O)c12. The molecule has 0 fully saturated rings. The molecule has 1 aromatic heterocycles. The van der Waals surface area contributed by atoms with Gasteiger partial charge in [0.05, 0.1) is 23.6 Å². The Morgan fingerprint density at radius 3 is 2.59 bits per heavy atom. The number of nitro benzene ring substituents is 1. The lowest BCUT2D eigenvalue weighted by molar-refractivity contribution is -0.385. The minimum Gasteiger partial charge on any atom is -0.479 e. The fourth-order valence-corrected chi connectivity index (χ4v) is 4.70. The van der Waals surface area contributed by atoms with Crippen molar-refractivity contribution in [1.82, 2.24) is 4.57 Å². The molecule has 0 aliphatic carbocycles. The van der Waals surface area contributed by atoms with Crippen molar-refractivity contribution in [3.63, 3.8) is 0 Å². The number of carbonyl (C=O) groups excluding carboxylic acids is 1. The molecule has 1 N–H and O–H groups in total. The Balaban J connectivity index is 2.07. The van der Waals surface area contributed by atoms with Gasteiger partial charge in [0, 0.05) is 31.9 Å². The van der Waals surface area contributed by atoms with Crippen LogP contribution in [-0.4, -0.2) is 59.9 Å². The van der Waals surface area contributed by atoms with Gasteiger partial charge in [0.15, 0.2) is 17.5 Å². The molecule has 180 valence electrons. The van der Waals surface area contributed by atoms with Gasteiger partial charge in [0.1, 0.15) is 17.4 Å². The summed E-state index contributed by atoms with van der Waals surface area (Å²) >= 11 is 5.48. The summed E-state index contributed by atoms with van der Waals surface area (Å²) in [5.74, 6) is -0.403. The first-order valence-electron chi connectivity index (χ1n) is 10.1. The van der Waals surface area contributed by atoms with E-state index in [4.69, 9.17) is 35.6 Å². The van der Waals surface area contributed by atoms with E-state index in [-0.39, 0.29) is 38.5 Å². The number of nitro groups is 1. The van der Waals surface area contributed by atoms with E-state index in [1.807, 2.05) is 0 Å². The van der Waals surface area contributed by atoms with Crippen molar-refractivity contribution in [2.24, 2.45) is 0 Å². The predicted octanol–water partition coefficient (Wildman–Crippen LogP) is 3.38. The van der Waals surface area contributed by atoms with Crippen LogP contribution in [0.3, 0.4) is 0 Å². The lowest BCUT2D eigenvalue weighted by Gasteiger charge is -2.46. The van der Waals surface area contributed by atoms with Crippen molar-refractivity contribution in [2.45, 2.75) is 31.0 Å². The number of nitrogens with zero attached hydrogens (tertiary/aromatic N) is 2. The van der Waals surface area contributed by atoms with E-state index in [2.05, 4.69) is 0 Å². The molecule has 2 heterocycles. The largest absolute Gasteiger partial charge is 0.479 e. The standard InChI is InChI=1S/C22H22N2O9S/c1-22(20(30-3)31-4)18(25)17(13-10-11(24(27)28)8-9-14(13)33-22)23-16-12(19(26)29-2)6-5-7-15(16)32-21(23)34/h5-10,17-18,20,25H,1-4H3/t17-,18-,22-/m1/s1. The number of hydrogen-bond acceptors (Lipinski definition) is 10. The summed E-state index contributed by atoms with van der Waals surface area (Å²) < 4.78 is 29.0. The lowest BCUT2D eigenvalue weighted by atomic mass is 9.84. The van der Waals surface area contributed by atoms with Gasteiger partial charge in [-0.05, 0) is 37.3 Å². The third-order valence-electron chi connectivity index (χ3n) is 5.95. The molecule has 3 atom stereocenters. The van der Waals surface area contributed by atoms with Gasteiger partial charge >= 0.3 is 5.97 Å². The van der Waals surface area contributed by atoms with Crippen LogP contribution in [0.25, 0.3) is 11.1 Å². The molecule has 2 aromatic carbocycles. The van der Waals surface area contributed by atoms with Crippen LogP contribution in [-0.2, 0) is 14.2 Å². The van der Waals surface area contributed by atoms with Gasteiger partial charge in [-0.3, -0.25) is 14.7 Å². The van der Waals surface area contributed by atoms with Crippen molar-refractivity contribution in [3.05, 3.63) is 62.5 Å². The second-order valence-corrected chi connectivity index (χ2v) is 8.19. The first-order valence-corrected chi connectivity index (χ1v) is 10.5. The quantitative estimate of drug-likeness (QED) is 0.180. The highest BCUT2D eigenvalue weighted by atomic mass is 32.1. The first-order chi connectivity index (χ1) is 16.2. The number of rotatable bonds is 6. The minimum atomic E-state index is -1.48. The second-order valence-electron chi connectivity index (χ2n) is 7.84. The number of aliphatic hydroxyl groups excluding tert-OH is 1. The van der Waals surface area contributed by atoms with Gasteiger partial charge in [-0.1, -0.05) is 6.07 Å². The number of non-ortho nitro benzene ring substituents is 1. The van der Waals surface area contributed by atoms with Crippen LogP contribution in [0.1, 0.15) is 28.9 Å². The van der Waals surface area contributed by atoms with Crippen LogP contribution in [0.5, 0.6) is 5.75 Å². The van der Waals surface area contributed by atoms with Crippen LogP contribution in [0.4, 0.5) is 5.69 Å². The summed E-state index contributed by atoms with van der Waals surface area (Å²) in [6.45, 7) is 1.58. The van der Waals surface area contributed by atoms with Crippen molar-refractivity contribution < 1.29 is 38.2 Å². The Hall–Kier alpha value is -3.32. The summed E-state index contributed by atoms with van der Waals surface area (Å²) in [6.07, 6.45) is -2.44. The van der Waals surface area contributed by atoms with E-state index >= 15 is 0 Å². The second kappa shape index (κ2) is 8.80. The molecule has 0 bridgehead atoms. The summed E-state index contributed by atoms with van der Waals surface area (Å²) in [5.41, 5.74) is -0.751. The number of esters is 1. The summed E-state index contributed by atoms with van der Waals surface area (Å²) in [7, 11) is 4.02. The molecule has 11 nitrogen and oxygen atoms in total. The molecular weight excluding hydrogens is 468 g/mol. The van der Waals surface area contributed by atoms with Gasteiger partial charge in [-0.15, -0.1) is 0 Å². The molecule has 34 heavy (non-hydrogen) atoms. The highest BCUT2D eigenvalue weighted by molar-refractivity contribution is 7.71. The molecule has 0 saturated heterocycles. The Morgan fingerprint density at radius 1 is 1.26 bits per heavy atom. The summed E-state index contributed by atoms with van der Waals surface area (Å²) in [6, 6.07) is 7.68. The Kier molecular flexibility index (Phi) is 6.16. The number of fused-ring (bicyclic) bond motifs is 2. The third kappa shape index (κ3) is 3.55. The van der Waals surface area contributed by atoms with Gasteiger partial charge in [-0.25, -0.2) is 4.79 Å². The molecule has 12 heteroatoms. The normalized spacial score (nSPS) is 21.8. The molecule has 4 rings (SSSR count). The zero-order valence-electron chi connectivity index (χ0n) is 18.7. The molecule has 0 amide bonds. The fourth-order valence-electron chi connectivity index (χ4n) is 4.40. The molecule has 0 radical (unpaired) electrons. The maximum atomic E-state index is 12.5. The van der Waals surface area contributed by atoms with Gasteiger partial charge in [-0.2, -0.15) is 0 Å². The lowest BCUT2D eigenvalue weighted by Crippen LogP contribution is -2.60. The van der Waals surface area contributed by atoms with Crippen molar-refractivity contribution in [1.29, 1.82) is 0 Å². The maximum Gasteiger partial charge on any atom is 0.340 e. The van der Waals surface area contributed by atoms with Crippen LogP contribution in [0, 0.1) is 15.0 Å². The van der Waals surface area contributed by atoms with Crippen molar-refractivity contribution in [2.75, 3.05) is 21.3 Å². The number of methoxy groups -OCH3 is 3. The molecule has 0 saturated carbocycles. The van der Waals surface area contributed by atoms with Gasteiger partial charge in [0.2, 0.25) is 0 Å². The highest BCUT2D eigenvalue weighted by Gasteiger charge is 2.53. The van der Waals surface area contributed by atoms with Crippen molar-refractivity contribution in [3.8, 4) is 5.75 Å². The predicted molar refractivity (Wildman–Crippen MR) is 120 cm³/mol. The Labute approximate surface area is 198 Å². The van der Waals surface area contributed by atoms with Crippen LogP contribution < -0.4 is 4.74 Å². The average Bonchev–Trinajstić information content (AvgIpc) is 3.15. The monoisotopic (exact) mass is 490 g/mol. The molecular formula is C22H22N2O9S. The fraction of sp³-hybridized carbons (Fsp3) is 0.364. The molecule has 3 aromatic rings. The highest BCUT2D eigenvalue weighted by Crippen LogP contribution is 2.46. The molecule has 0 spiro atoms. The smallest absolute Gasteiger partial charge is 0.340 e. The Morgan fingerprint density at radius 2 is 1.97 bits per heavy atom. The number of oxazole rings is 1. The number of aliphatic hydroxyl groups is 1. The topological polar surface area (TPSA) is 135 Å². The van der Waals surface area contributed by atoms with E-state index in [1.165, 1.54) is 50.2 Å². The number of ether oxygens (including phenoxy) is 4. The number of para-hydroxylation sites is 1. The number of hydrogen-bond donors (Lipinski definition) is 1. The zero-order valence-corrected chi connectivity index (χ0v) is 19.5. The van der Waals surface area contributed by atoms with Crippen molar-refractivity contribution >= 4 is 35.0 Å². The van der Waals surface area contributed by atoms with E-state index in [0.717, 1.165) is 0 Å². The average molecular weight is 490 g/mol. The number of carbonyl (C=O) groups is 1. The molecule has 1 aliphatic rings. The van der Waals surface area contributed by atoms with E-state index in [0.29, 0.717) is 0 Å². The van der Waals surface area contributed by atoms with Crippen LogP contribution in [0.15, 0.2) is 40.8 Å². The molecule has 1 aliphatic heterocycles. The Bertz CT molecular complexity index is 1330. The van der Waals surface area contributed by atoms with Crippen LogP contribution in [0.2, 0.25) is 0 Å². The third-order valence-corrected chi connectivity index (χ3v) is 6.23. The number of benzene rings is 2. The van der Waals surface area contributed by atoms with E-state index in [9.17, 15) is 20.0 Å². The zero-order chi connectivity index (χ0) is 24.8. The number of aromatic nitrogens is 1. The molecule has 0 unspecified atom stereocenters. The summed E-state index contributed by atoms with van der Waals surface area (Å²) in [4.78, 5) is 23.4. The van der Waals surface area contributed by atoms with E-state index < -0.39 is 34.9 Å². The first kappa shape index (κ1) is 23.8. The van der Waals surface area contributed by atoms with E-state index in [1.54, 1.807) is 19.1 Å². The van der Waals surface area contributed by atoms with Crippen LogP contribution >= 0.6 is 12.2 Å². The van der Waals surface area contributed by atoms with Gasteiger partial charge < -0.3 is 28.5 Å². The van der Waals surface area contributed by atoms with Gasteiger partial charge in [0.25, 0.3) is 10.5 Å².